The second-order valence-corrected chi connectivity index (χ2v) is 6.23. The summed E-state index contributed by atoms with van der Waals surface area (Å²) < 4.78 is 10.7. The van der Waals surface area contributed by atoms with Crippen molar-refractivity contribution in [2.45, 2.75) is 26.4 Å². The Bertz CT molecular complexity index is 833. The van der Waals surface area contributed by atoms with E-state index in [9.17, 15) is 9.59 Å². The van der Waals surface area contributed by atoms with Gasteiger partial charge in [0.25, 0.3) is 5.91 Å². The zero-order chi connectivity index (χ0) is 19.1. The van der Waals surface area contributed by atoms with Crippen molar-refractivity contribution in [2.75, 3.05) is 6.54 Å². The highest BCUT2D eigenvalue weighted by Gasteiger charge is 2.17. The van der Waals surface area contributed by atoms with Gasteiger partial charge in [0.05, 0.1) is 25.6 Å². The van der Waals surface area contributed by atoms with Gasteiger partial charge in [-0.3, -0.25) is 9.59 Å². The molecule has 0 aliphatic carbocycles. The van der Waals surface area contributed by atoms with Crippen molar-refractivity contribution < 1.29 is 18.4 Å². The highest BCUT2D eigenvalue weighted by Crippen LogP contribution is 2.12. The van der Waals surface area contributed by atoms with Crippen LogP contribution in [0.4, 0.5) is 0 Å². The first-order valence-electron chi connectivity index (χ1n) is 8.80. The topological polar surface area (TPSA) is 75.7 Å². The standard InChI is InChI=1S/C21H22N2O4/c1-16-6-2-3-9-19(16)21(25)22-11-10-20(24)23(14-17-7-4-12-26-17)15-18-8-5-13-27-18/h2-9,12-13H,10-11,14-15H2,1H3,(H,22,25). The number of hydrogen-bond acceptors (Lipinski definition) is 4. The van der Waals surface area contributed by atoms with Gasteiger partial charge in [0.2, 0.25) is 5.91 Å². The Balaban J connectivity index is 1.57. The average molecular weight is 366 g/mol. The van der Waals surface area contributed by atoms with Gasteiger partial charge in [0.1, 0.15) is 11.5 Å². The monoisotopic (exact) mass is 366 g/mol. The van der Waals surface area contributed by atoms with Gasteiger partial charge in [0.15, 0.2) is 0 Å². The predicted octanol–water partition coefficient (Wildman–Crippen LogP) is 3.53. The molecular formula is C21H22N2O4. The fourth-order valence-electron chi connectivity index (χ4n) is 2.78. The molecule has 2 heterocycles. The highest BCUT2D eigenvalue weighted by atomic mass is 16.3. The maximum atomic E-state index is 12.7. The van der Waals surface area contributed by atoms with E-state index in [0.29, 0.717) is 30.2 Å². The van der Waals surface area contributed by atoms with E-state index in [-0.39, 0.29) is 24.8 Å². The number of nitrogens with zero attached hydrogens (tertiary/aromatic N) is 1. The number of amides is 2. The summed E-state index contributed by atoms with van der Waals surface area (Å²) in [5, 5.41) is 2.81. The Morgan fingerprint density at radius 1 is 0.926 bits per heavy atom. The molecule has 6 heteroatoms. The Labute approximate surface area is 157 Å². The summed E-state index contributed by atoms with van der Waals surface area (Å²) in [4.78, 5) is 26.6. The summed E-state index contributed by atoms with van der Waals surface area (Å²) in [5.74, 6) is 1.12. The van der Waals surface area contributed by atoms with Gasteiger partial charge in [-0.1, -0.05) is 18.2 Å². The number of carbonyl (C=O) groups excluding carboxylic acids is 2. The van der Waals surface area contributed by atoms with Crippen molar-refractivity contribution in [3.63, 3.8) is 0 Å². The van der Waals surface area contributed by atoms with Gasteiger partial charge in [0, 0.05) is 18.5 Å². The summed E-state index contributed by atoms with van der Waals surface area (Å²) in [6.07, 6.45) is 3.35. The average Bonchev–Trinajstić information content (AvgIpc) is 3.35. The lowest BCUT2D eigenvalue weighted by Crippen LogP contribution is -2.34. The molecule has 140 valence electrons. The predicted molar refractivity (Wildman–Crippen MR) is 99.8 cm³/mol. The number of benzene rings is 1. The number of furan rings is 2. The van der Waals surface area contributed by atoms with Crippen molar-refractivity contribution in [1.82, 2.24) is 10.2 Å². The van der Waals surface area contributed by atoms with E-state index in [1.165, 1.54) is 0 Å². The van der Waals surface area contributed by atoms with E-state index in [1.54, 1.807) is 35.6 Å². The molecule has 3 aromatic rings. The zero-order valence-corrected chi connectivity index (χ0v) is 15.2. The molecule has 0 radical (unpaired) electrons. The molecule has 0 aliphatic rings. The van der Waals surface area contributed by atoms with Crippen molar-refractivity contribution in [3.05, 3.63) is 83.7 Å². The van der Waals surface area contributed by atoms with E-state index < -0.39 is 0 Å². The van der Waals surface area contributed by atoms with Crippen LogP contribution in [0.2, 0.25) is 0 Å². The lowest BCUT2D eigenvalue weighted by molar-refractivity contribution is -0.132. The molecule has 1 aromatic carbocycles. The lowest BCUT2D eigenvalue weighted by atomic mass is 10.1. The van der Waals surface area contributed by atoms with Gasteiger partial charge in [-0.15, -0.1) is 0 Å². The molecule has 0 fully saturated rings. The number of rotatable bonds is 8. The molecule has 0 saturated carbocycles. The maximum Gasteiger partial charge on any atom is 0.251 e. The SMILES string of the molecule is Cc1ccccc1C(=O)NCCC(=O)N(Cc1ccco1)Cc1ccco1. The summed E-state index contributed by atoms with van der Waals surface area (Å²) >= 11 is 0. The van der Waals surface area contributed by atoms with Crippen LogP contribution in [0.1, 0.15) is 33.9 Å². The molecule has 27 heavy (non-hydrogen) atoms. The molecule has 0 atom stereocenters. The van der Waals surface area contributed by atoms with E-state index in [1.807, 2.05) is 37.3 Å². The summed E-state index contributed by atoms with van der Waals surface area (Å²) in [7, 11) is 0. The third kappa shape index (κ3) is 5.10. The molecular weight excluding hydrogens is 344 g/mol. The summed E-state index contributed by atoms with van der Waals surface area (Å²) in [6.45, 7) is 2.84. The van der Waals surface area contributed by atoms with Gasteiger partial charge >= 0.3 is 0 Å². The quantitative estimate of drug-likeness (QED) is 0.662. The Morgan fingerprint density at radius 2 is 1.56 bits per heavy atom. The molecule has 0 spiro atoms. The first kappa shape index (κ1) is 18.5. The van der Waals surface area contributed by atoms with Crippen LogP contribution < -0.4 is 5.32 Å². The smallest absolute Gasteiger partial charge is 0.251 e. The van der Waals surface area contributed by atoms with Crippen LogP contribution in [0.15, 0.2) is 69.9 Å². The van der Waals surface area contributed by atoms with Crippen LogP contribution in [-0.4, -0.2) is 23.3 Å². The summed E-state index contributed by atoms with van der Waals surface area (Å²) in [6, 6.07) is 14.6. The van der Waals surface area contributed by atoms with Crippen molar-refractivity contribution in [2.24, 2.45) is 0 Å². The Hall–Kier alpha value is -3.28. The second kappa shape index (κ2) is 8.89. The number of carbonyl (C=O) groups is 2. The first-order valence-corrected chi connectivity index (χ1v) is 8.80. The molecule has 2 amide bonds. The van der Waals surface area contributed by atoms with Crippen LogP contribution in [0.25, 0.3) is 0 Å². The minimum absolute atomic E-state index is 0.0899. The number of hydrogen-bond donors (Lipinski definition) is 1. The Kier molecular flexibility index (Phi) is 6.10. The van der Waals surface area contributed by atoms with Crippen LogP contribution in [0, 0.1) is 6.92 Å². The molecule has 3 rings (SSSR count). The third-order valence-corrected chi connectivity index (χ3v) is 4.22. The van der Waals surface area contributed by atoms with Gasteiger partial charge in [-0.2, -0.15) is 0 Å². The van der Waals surface area contributed by atoms with E-state index in [0.717, 1.165) is 5.56 Å². The van der Waals surface area contributed by atoms with Gasteiger partial charge < -0.3 is 19.1 Å². The lowest BCUT2D eigenvalue weighted by Gasteiger charge is -2.21. The maximum absolute atomic E-state index is 12.7. The summed E-state index contributed by atoms with van der Waals surface area (Å²) in [5.41, 5.74) is 1.52. The largest absolute Gasteiger partial charge is 0.467 e. The van der Waals surface area contributed by atoms with E-state index in [2.05, 4.69) is 5.32 Å². The van der Waals surface area contributed by atoms with Crippen molar-refractivity contribution in [1.29, 1.82) is 0 Å². The Morgan fingerprint density at radius 3 is 2.11 bits per heavy atom. The highest BCUT2D eigenvalue weighted by molar-refractivity contribution is 5.95. The molecule has 0 bridgehead atoms. The molecule has 6 nitrogen and oxygen atoms in total. The minimum Gasteiger partial charge on any atom is -0.467 e. The fraction of sp³-hybridized carbons (Fsp3) is 0.238. The molecule has 1 N–H and O–H groups in total. The molecule has 0 unspecified atom stereocenters. The second-order valence-electron chi connectivity index (χ2n) is 6.23. The van der Waals surface area contributed by atoms with Crippen molar-refractivity contribution >= 4 is 11.8 Å². The van der Waals surface area contributed by atoms with Crippen LogP contribution >= 0.6 is 0 Å². The van der Waals surface area contributed by atoms with Crippen LogP contribution in [0.3, 0.4) is 0 Å². The fourth-order valence-corrected chi connectivity index (χ4v) is 2.78. The number of aryl methyl sites for hydroxylation is 1. The molecule has 2 aromatic heterocycles. The van der Waals surface area contributed by atoms with Crippen LogP contribution in [0.5, 0.6) is 0 Å². The first-order chi connectivity index (χ1) is 13.1. The van der Waals surface area contributed by atoms with Crippen LogP contribution in [-0.2, 0) is 17.9 Å². The molecule has 0 aliphatic heterocycles. The van der Waals surface area contributed by atoms with E-state index in [4.69, 9.17) is 8.83 Å². The van der Waals surface area contributed by atoms with Gasteiger partial charge in [-0.05, 0) is 42.8 Å². The normalized spacial score (nSPS) is 10.6. The zero-order valence-electron chi connectivity index (χ0n) is 15.2. The number of nitrogens with one attached hydrogen (secondary N) is 1. The molecule has 0 saturated heterocycles. The third-order valence-electron chi connectivity index (χ3n) is 4.22. The van der Waals surface area contributed by atoms with Crippen molar-refractivity contribution in [3.8, 4) is 0 Å². The van der Waals surface area contributed by atoms with Gasteiger partial charge in [-0.25, -0.2) is 0 Å². The van der Waals surface area contributed by atoms with E-state index >= 15 is 0 Å². The minimum atomic E-state index is -0.176.